The molecule has 1 aliphatic rings. The Bertz CT molecular complexity index is 432. The van der Waals surface area contributed by atoms with Crippen molar-refractivity contribution in [3.05, 3.63) is 29.8 Å². The molecule has 1 aromatic rings. The number of piperidine rings is 1. The van der Waals surface area contributed by atoms with Gasteiger partial charge in [0.15, 0.2) is 0 Å². The molecule has 1 aliphatic heterocycles. The molecule has 1 atom stereocenters. The third-order valence-electron chi connectivity index (χ3n) is 3.64. The summed E-state index contributed by atoms with van der Waals surface area (Å²) < 4.78 is 5.18. The van der Waals surface area contributed by atoms with Crippen LogP contribution in [-0.2, 0) is 0 Å². The van der Waals surface area contributed by atoms with Gasteiger partial charge in [-0.15, -0.1) is 0 Å². The van der Waals surface area contributed by atoms with Crippen molar-refractivity contribution in [1.82, 2.24) is 10.2 Å². The third-order valence-corrected chi connectivity index (χ3v) is 3.64. The Kier molecular flexibility index (Phi) is 4.80. The monoisotopic (exact) mass is 262 g/mol. The molecule has 19 heavy (non-hydrogen) atoms. The standard InChI is InChI=1S/C15H22N2O2/c1-16-11-13-7-3-4-9-17(13)15(18)12-6-5-8-14(10-12)19-2/h5-6,8,10,13,16H,3-4,7,9,11H2,1-2H3. The highest BCUT2D eigenvalue weighted by Gasteiger charge is 2.26. The predicted molar refractivity (Wildman–Crippen MR) is 75.6 cm³/mol. The lowest BCUT2D eigenvalue weighted by molar-refractivity contribution is 0.0614. The molecular weight excluding hydrogens is 240 g/mol. The number of methoxy groups -OCH3 is 1. The first-order chi connectivity index (χ1) is 9.26. The maximum absolute atomic E-state index is 12.6. The lowest BCUT2D eigenvalue weighted by atomic mass is 10.0. The van der Waals surface area contributed by atoms with Gasteiger partial charge in [-0.25, -0.2) is 0 Å². The topological polar surface area (TPSA) is 41.6 Å². The van der Waals surface area contributed by atoms with Crippen LogP contribution < -0.4 is 10.1 Å². The second-order valence-electron chi connectivity index (χ2n) is 4.94. The van der Waals surface area contributed by atoms with E-state index in [0.717, 1.165) is 31.7 Å². The van der Waals surface area contributed by atoms with Gasteiger partial charge in [-0.1, -0.05) is 6.07 Å². The van der Waals surface area contributed by atoms with Gasteiger partial charge in [0, 0.05) is 24.7 Å². The SMILES string of the molecule is CNCC1CCCCN1C(=O)c1cccc(OC)c1. The molecule has 4 nitrogen and oxygen atoms in total. The van der Waals surface area contributed by atoms with Crippen LogP contribution in [0, 0.1) is 0 Å². The van der Waals surface area contributed by atoms with Crippen LogP contribution in [0.1, 0.15) is 29.6 Å². The summed E-state index contributed by atoms with van der Waals surface area (Å²) in [6.07, 6.45) is 3.38. The van der Waals surface area contributed by atoms with E-state index in [2.05, 4.69) is 5.32 Å². The predicted octanol–water partition coefficient (Wildman–Crippen LogP) is 1.91. The summed E-state index contributed by atoms with van der Waals surface area (Å²) in [5, 5.41) is 3.18. The Morgan fingerprint density at radius 2 is 2.32 bits per heavy atom. The van der Waals surface area contributed by atoms with Crippen molar-refractivity contribution in [3.63, 3.8) is 0 Å². The number of rotatable bonds is 4. The molecule has 1 amide bonds. The van der Waals surface area contributed by atoms with Gasteiger partial charge >= 0.3 is 0 Å². The Balaban J connectivity index is 2.16. The molecule has 0 bridgehead atoms. The van der Waals surface area contributed by atoms with Crippen molar-refractivity contribution in [2.24, 2.45) is 0 Å². The van der Waals surface area contributed by atoms with Gasteiger partial charge in [-0.2, -0.15) is 0 Å². The molecule has 0 spiro atoms. The highest BCUT2D eigenvalue weighted by molar-refractivity contribution is 5.94. The van der Waals surface area contributed by atoms with Gasteiger partial charge in [0.25, 0.3) is 5.91 Å². The summed E-state index contributed by atoms with van der Waals surface area (Å²) in [5.74, 6) is 0.840. The van der Waals surface area contributed by atoms with E-state index < -0.39 is 0 Å². The number of hydrogen-bond donors (Lipinski definition) is 1. The first-order valence-electron chi connectivity index (χ1n) is 6.86. The maximum Gasteiger partial charge on any atom is 0.254 e. The van der Waals surface area contributed by atoms with Crippen LogP contribution in [0.3, 0.4) is 0 Å². The van der Waals surface area contributed by atoms with Gasteiger partial charge < -0.3 is 15.0 Å². The molecule has 1 aromatic carbocycles. The zero-order valence-corrected chi connectivity index (χ0v) is 11.7. The first-order valence-corrected chi connectivity index (χ1v) is 6.86. The number of carbonyl (C=O) groups is 1. The molecule has 1 N–H and O–H groups in total. The molecule has 1 fully saturated rings. The fourth-order valence-electron chi connectivity index (χ4n) is 2.64. The number of nitrogens with one attached hydrogen (secondary N) is 1. The van der Waals surface area contributed by atoms with E-state index in [1.54, 1.807) is 7.11 Å². The third kappa shape index (κ3) is 3.26. The summed E-state index contributed by atoms with van der Waals surface area (Å²) in [7, 11) is 3.55. The lowest BCUT2D eigenvalue weighted by Gasteiger charge is -2.35. The molecule has 104 valence electrons. The summed E-state index contributed by atoms with van der Waals surface area (Å²) in [4.78, 5) is 14.6. The van der Waals surface area contributed by atoms with Crippen LogP contribution in [0.2, 0.25) is 0 Å². The van der Waals surface area contributed by atoms with E-state index in [-0.39, 0.29) is 5.91 Å². The molecule has 0 saturated carbocycles. The van der Waals surface area contributed by atoms with Crippen molar-refractivity contribution < 1.29 is 9.53 Å². The number of ether oxygens (including phenoxy) is 1. The van der Waals surface area contributed by atoms with Crippen LogP contribution in [0.4, 0.5) is 0 Å². The number of benzene rings is 1. The van der Waals surface area contributed by atoms with Crippen molar-refractivity contribution in [3.8, 4) is 5.75 Å². The molecule has 1 unspecified atom stereocenters. The largest absolute Gasteiger partial charge is 0.497 e. The molecule has 0 aromatic heterocycles. The fourth-order valence-corrected chi connectivity index (χ4v) is 2.64. The molecular formula is C15H22N2O2. The van der Waals surface area contributed by atoms with Crippen LogP contribution in [0.5, 0.6) is 5.75 Å². The number of likely N-dealkylation sites (N-methyl/N-ethyl adjacent to an activating group) is 1. The summed E-state index contributed by atoms with van der Waals surface area (Å²) in [5.41, 5.74) is 0.711. The Hall–Kier alpha value is -1.55. The van der Waals surface area contributed by atoms with Gasteiger partial charge in [-0.05, 0) is 44.5 Å². The number of hydrogen-bond acceptors (Lipinski definition) is 3. The van der Waals surface area contributed by atoms with Crippen molar-refractivity contribution in [1.29, 1.82) is 0 Å². The Morgan fingerprint density at radius 3 is 3.05 bits per heavy atom. The maximum atomic E-state index is 12.6. The second-order valence-corrected chi connectivity index (χ2v) is 4.94. The molecule has 4 heteroatoms. The van der Waals surface area contributed by atoms with Crippen LogP contribution in [0.25, 0.3) is 0 Å². The average Bonchev–Trinajstić information content (AvgIpc) is 2.47. The molecule has 1 saturated heterocycles. The summed E-state index contributed by atoms with van der Waals surface area (Å²) in [6.45, 7) is 1.71. The number of likely N-dealkylation sites (tertiary alicyclic amines) is 1. The zero-order valence-electron chi connectivity index (χ0n) is 11.7. The van der Waals surface area contributed by atoms with E-state index in [4.69, 9.17) is 4.74 Å². The quantitative estimate of drug-likeness (QED) is 0.901. The van der Waals surface area contributed by atoms with E-state index in [1.165, 1.54) is 6.42 Å². The van der Waals surface area contributed by atoms with Gasteiger partial charge in [0.1, 0.15) is 5.75 Å². The summed E-state index contributed by atoms with van der Waals surface area (Å²) >= 11 is 0. The highest BCUT2D eigenvalue weighted by Crippen LogP contribution is 2.21. The van der Waals surface area contributed by atoms with Crippen molar-refractivity contribution in [2.75, 3.05) is 27.2 Å². The zero-order chi connectivity index (χ0) is 13.7. The van der Waals surface area contributed by atoms with Crippen molar-refractivity contribution in [2.45, 2.75) is 25.3 Å². The first kappa shape index (κ1) is 13.9. The van der Waals surface area contributed by atoms with Gasteiger partial charge in [-0.3, -0.25) is 4.79 Å². The molecule has 0 aliphatic carbocycles. The average molecular weight is 262 g/mol. The smallest absolute Gasteiger partial charge is 0.254 e. The van der Waals surface area contributed by atoms with E-state index in [9.17, 15) is 4.79 Å². The highest BCUT2D eigenvalue weighted by atomic mass is 16.5. The lowest BCUT2D eigenvalue weighted by Crippen LogP contribution is -2.48. The molecule has 0 radical (unpaired) electrons. The van der Waals surface area contributed by atoms with E-state index >= 15 is 0 Å². The van der Waals surface area contributed by atoms with Crippen LogP contribution in [-0.4, -0.2) is 44.1 Å². The van der Waals surface area contributed by atoms with Gasteiger partial charge in [0.2, 0.25) is 0 Å². The number of carbonyl (C=O) groups excluding carboxylic acids is 1. The minimum Gasteiger partial charge on any atom is -0.497 e. The molecule has 2 rings (SSSR count). The second kappa shape index (κ2) is 6.57. The van der Waals surface area contributed by atoms with Crippen molar-refractivity contribution >= 4 is 5.91 Å². The van der Waals surface area contributed by atoms with Crippen LogP contribution >= 0.6 is 0 Å². The van der Waals surface area contributed by atoms with Gasteiger partial charge in [0.05, 0.1) is 7.11 Å². The summed E-state index contributed by atoms with van der Waals surface area (Å²) in [6, 6.07) is 7.70. The normalized spacial score (nSPS) is 19.3. The molecule has 1 heterocycles. The fraction of sp³-hybridized carbons (Fsp3) is 0.533. The van der Waals surface area contributed by atoms with E-state index in [0.29, 0.717) is 11.6 Å². The number of nitrogens with zero attached hydrogens (tertiary/aromatic N) is 1. The minimum absolute atomic E-state index is 0.110. The Morgan fingerprint density at radius 1 is 1.47 bits per heavy atom. The Labute approximate surface area is 114 Å². The van der Waals surface area contributed by atoms with Crippen LogP contribution in [0.15, 0.2) is 24.3 Å². The number of amides is 1. The minimum atomic E-state index is 0.110. The van der Waals surface area contributed by atoms with E-state index in [1.807, 2.05) is 36.2 Å².